The Morgan fingerprint density at radius 3 is 1.00 bits per heavy atom. The summed E-state index contributed by atoms with van der Waals surface area (Å²) in [5, 5.41) is 20.2. The van der Waals surface area contributed by atoms with Crippen LogP contribution in [0.2, 0.25) is 0 Å². The quantitative estimate of drug-likeness (QED) is 0.0722. The van der Waals surface area contributed by atoms with E-state index in [2.05, 4.69) is 34.4 Å². The van der Waals surface area contributed by atoms with Crippen LogP contribution in [-0.4, -0.2) is 34.1 Å². The topological polar surface area (TPSA) is 264 Å². The van der Waals surface area contributed by atoms with Gasteiger partial charge in [-0.3, -0.25) is 0 Å². The number of guanidine groups is 2. The van der Waals surface area contributed by atoms with Gasteiger partial charge in [0.25, 0.3) is 10.2 Å². The first-order valence-corrected chi connectivity index (χ1v) is 8.98. The third kappa shape index (κ3) is 43.6. The molecule has 0 bridgehead atoms. The Hall–Kier alpha value is -2.74. The van der Waals surface area contributed by atoms with Crippen LogP contribution in [0.3, 0.4) is 0 Å². The molecule has 0 aromatic rings. The van der Waals surface area contributed by atoms with Crippen LogP contribution in [0.5, 0.6) is 0 Å². The van der Waals surface area contributed by atoms with Crippen LogP contribution in [0.25, 0.3) is 0 Å². The Balaban J connectivity index is -0.000000375. The molecule has 0 rings (SSSR count). The van der Waals surface area contributed by atoms with Crippen molar-refractivity contribution >= 4 is 58.5 Å². The SMILES string of the molecule is NC(=S)[NH+]=C(N)N.NC(=S)[NH+]=C(N)N.O=C([O-])CCCCCCCCC(=O)[O-]. The molecule has 0 aromatic carbocycles. The van der Waals surface area contributed by atoms with Crippen LogP contribution in [0, 0.1) is 0 Å². The summed E-state index contributed by atoms with van der Waals surface area (Å²) in [6.07, 6.45) is 5.23. The van der Waals surface area contributed by atoms with E-state index in [9.17, 15) is 19.8 Å². The largest absolute Gasteiger partial charge is 0.550 e. The van der Waals surface area contributed by atoms with E-state index in [1.165, 1.54) is 0 Å². The Morgan fingerprint density at radius 1 is 0.607 bits per heavy atom. The second kappa shape index (κ2) is 20.6. The van der Waals surface area contributed by atoms with E-state index in [1.807, 2.05) is 0 Å². The normalized spacial score (nSPS) is 8.71. The van der Waals surface area contributed by atoms with Gasteiger partial charge in [0.05, 0.1) is 0 Å². The maximum atomic E-state index is 10.0. The lowest BCUT2D eigenvalue weighted by Gasteiger charge is -2.03. The van der Waals surface area contributed by atoms with Crippen molar-refractivity contribution in [2.45, 2.75) is 51.4 Å². The summed E-state index contributed by atoms with van der Waals surface area (Å²) in [7, 11) is 0. The van der Waals surface area contributed by atoms with Crippen LogP contribution in [0.4, 0.5) is 0 Å². The van der Waals surface area contributed by atoms with Gasteiger partial charge in [0.15, 0.2) is 0 Å². The lowest BCUT2D eigenvalue weighted by molar-refractivity contribution is -0.316. The number of carboxylic acids is 2. The van der Waals surface area contributed by atoms with E-state index in [4.69, 9.17) is 34.4 Å². The van der Waals surface area contributed by atoms with Crippen LogP contribution in [0.1, 0.15) is 51.4 Å². The van der Waals surface area contributed by atoms with Gasteiger partial charge in [0.2, 0.25) is 0 Å². The van der Waals surface area contributed by atoms with E-state index < -0.39 is 11.9 Å². The van der Waals surface area contributed by atoms with Crippen LogP contribution in [0.15, 0.2) is 0 Å². The fraction of sp³-hybridized carbons (Fsp3) is 0.571. The first kappa shape index (κ1) is 30.0. The predicted molar refractivity (Wildman–Crippen MR) is 109 cm³/mol. The highest BCUT2D eigenvalue weighted by atomic mass is 32.1. The van der Waals surface area contributed by atoms with E-state index in [1.54, 1.807) is 0 Å². The first-order valence-electron chi connectivity index (χ1n) is 8.16. The molecule has 0 fully saturated rings. The van der Waals surface area contributed by atoms with Crippen molar-refractivity contribution in [3.8, 4) is 0 Å². The lowest BCUT2D eigenvalue weighted by atomic mass is 10.1. The van der Waals surface area contributed by atoms with Gasteiger partial charge >= 0.3 is 11.9 Å². The molecule has 0 amide bonds. The number of hydrogen-bond donors (Lipinski definition) is 8. The number of thiocarbonyl (C=S) groups is 2. The van der Waals surface area contributed by atoms with Gasteiger partial charge in [-0.15, -0.1) is 0 Å². The van der Waals surface area contributed by atoms with E-state index in [0.717, 1.165) is 25.7 Å². The van der Waals surface area contributed by atoms with Crippen LogP contribution in [-0.2, 0) is 9.59 Å². The molecule has 14 N–H and O–H groups in total. The molecule has 28 heavy (non-hydrogen) atoms. The number of carboxylic acid groups (broad SMARTS) is 2. The summed E-state index contributed by atoms with van der Waals surface area (Å²) in [5.74, 6) is -1.95. The summed E-state index contributed by atoms with van der Waals surface area (Å²) in [6.45, 7) is 0. The predicted octanol–water partition coefficient (Wildman–Crippen LogP) is -7.23. The number of carbonyl (C=O) groups excluding carboxylic acids is 2. The lowest BCUT2D eigenvalue weighted by Crippen LogP contribution is -2.83. The maximum absolute atomic E-state index is 10.0. The van der Waals surface area contributed by atoms with Gasteiger partial charge in [0, 0.05) is 11.9 Å². The Morgan fingerprint density at radius 2 is 0.857 bits per heavy atom. The van der Waals surface area contributed by atoms with Gasteiger partial charge in [0.1, 0.15) is 0 Å². The Bertz CT molecular complexity index is 499. The van der Waals surface area contributed by atoms with E-state index in [0.29, 0.717) is 12.8 Å². The minimum atomic E-state index is -0.998. The fourth-order valence-electron chi connectivity index (χ4n) is 1.53. The van der Waals surface area contributed by atoms with Gasteiger partial charge in [-0.1, -0.05) is 25.7 Å². The van der Waals surface area contributed by atoms with Gasteiger partial charge in [-0.05, 0) is 50.1 Å². The van der Waals surface area contributed by atoms with Gasteiger partial charge in [-0.25, -0.2) is 9.98 Å². The molecular weight excluding hydrogens is 408 g/mol. The van der Waals surface area contributed by atoms with Gasteiger partial charge in [-0.2, -0.15) is 0 Å². The molecule has 12 nitrogen and oxygen atoms in total. The standard InChI is InChI=1S/C10H18O4.2C2H6N4S/c11-9(12)7-5-3-1-2-4-6-8-10(13)14;2*3-1(4)6-2(5)7/h1-8H2,(H,11,12)(H,13,14);2*(H6,3,4,5,6,7). The molecular formula is C14H30N8O4S2. The third-order valence-corrected chi connectivity index (χ3v) is 2.75. The van der Waals surface area contributed by atoms with Crippen LogP contribution >= 0.6 is 24.4 Å². The number of nitrogens with one attached hydrogen (secondary N) is 2. The summed E-state index contributed by atoms with van der Waals surface area (Å²) in [4.78, 5) is 24.6. The molecule has 14 heteroatoms. The fourth-order valence-corrected chi connectivity index (χ4v) is 1.77. The number of carbonyl (C=O) groups is 2. The molecule has 0 aliphatic rings. The summed E-state index contributed by atoms with van der Waals surface area (Å²) in [5.41, 5.74) is 29.5. The highest BCUT2D eigenvalue weighted by Crippen LogP contribution is 2.07. The van der Waals surface area contributed by atoms with E-state index in [-0.39, 0.29) is 35.0 Å². The zero-order chi connectivity index (χ0) is 22.5. The Kier molecular flexibility index (Phi) is 22.0. The first-order chi connectivity index (χ1) is 12.9. The second-order valence-corrected chi connectivity index (χ2v) is 6.13. The number of nitrogens with two attached hydrogens (primary N) is 6. The average Bonchev–Trinajstić information content (AvgIpc) is 2.47. The van der Waals surface area contributed by atoms with Gasteiger partial charge < -0.3 is 54.2 Å². The van der Waals surface area contributed by atoms with Crippen LogP contribution < -0.4 is 54.6 Å². The number of rotatable bonds is 9. The van der Waals surface area contributed by atoms with Crippen molar-refractivity contribution in [1.29, 1.82) is 0 Å². The molecule has 0 saturated heterocycles. The van der Waals surface area contributed by atoms with Crippen molar-refractivity contribution < 1.29 is 29.8 Å². The molecule has 0 saturated carbocycles. The third-order valence-electron chi connectivity index (χ3n) is 2.55. The summed E-state index contributed by atoms with van der Waals surface area (Å²) >= 11 is 8.72. The second-order valence-electron chi connectivity index (χ2n) is 5.25. The molecule has 0 heterocycles. The summed E-state index contributed by atoms with van der Waals surface area (Å²) < 4.78 is 0. The van der Waals surface area contributed by atoms with Crippen molar-refractivity contribution in [2.75, 3.05) is 0 Å². The number of unbranched alkanes of at least 4 members (excludes halogenated alkanes) is 5. The van der Waals surface area contributed by atoms with E-state index >= 15 is 0 Å². The highest BCUT2D eigenvalue weighted by Gasteiger charge is 1.92. The van der Waals surface area contributed by atoms with Crippen molar-refractivity contribution in [3.05, 3.63) is 0 Å². The highest BCUT2D eigenvalue weighted by molar-refractivity contribution is 7.80. The molecule has 0 atom stereocenters. The molecule has 0 aromatic heterocycles. The van der Waals surface area contributed by atoms with Crippen molar-refractivity contribution in [2.24, 2.45) is 34.4 Å². The monoisotopic (exact) mass is 438 g/mol. The molecule has 162 valence electrons. The zero-order valence-corrected chi connectivity index (χ0v) is 17.2. The van der Waals surface area contributed by atoms with Crippen molar-refractivity contribution in [3.63, 3.8) is 0 Å². The molecule has 0 spiro atoms. The Labute approximate surface area is 174 Å². The average molecular weight is 439 g/mol. The minimum absolute atomic E-state index is 0.0208. The molecule has 0 radical (unpaired) electrons. The van der Waals surface area contributed by atoms with Crippen molar-refractivity contribution in [1.82, 2.24) is 0 Å². The molecule has 0 unspecified atom stereocenters. The summed E-state index contributed by atoms with van der Waals surface area (Å²) in [6, 6.07) is 0. The minimum Gasteiger partial charge on any atom is -0.550 e. The smallest absolute Gasteiger partial charge is 0.303 e. The number of hydrogen-bond acceptors (Lipinski definition) is 6. The zero-order valence-electron chi connectivity index (χ0n) is 15.6. The number of aliphatic carboxylic acids is 2. The molecule has 0 aliphatic carbocycles. The molecule has 0 aliphatic heterocycles. The maximum Gasteiger partial charge on any atom is 0.303 e.